The second kappa shape index (κ2) is 11.5. The average Bonchev–Trinajstić information content (AvgIpc) is 2.69. The average molecular weight is 418 g/mol. The Labute approximate surface area is 172 Å². The highest BCUT2D eigenvalue weighted by Crippen LogP contribution is 2.13. The fourth-order valence-corrected chi connectivity index (χ4v) is 2.22. The lowest BCUT2D eigenvalue weighted by atomic mass is 10.2. The van der Waals surface area contributed by atoms with E-state index in [1.165, 1.54) is 6.21 Å². The van der Waals surface area contributed by atoms with Gasteiger partial charge in [0.25, 0.3) is 0 Å². The zero-order valence-electron chi connectivity index (χ0n) is 15.7. The van der Waals surface area contributed by atoms with Crippen LogP contribution in [0.5, 0.6) is 5.75 Å². The Kier molecular flexibility index (Phi) is 8.65. The zero-order chi connectivity index (χ0) is 21.1. The van der Waals surface area contributed by atoms with Crippen molar-refractivity contribution in [3.8, 4) is 5.75 Å². The molecule has 29 heavy (non-hydrogen) atoms. The Bertz CT molecular complexity index is 867. The number of carbonyl (C=O) groups is 3. The number of rotatable bonds is 9. The van der Waals surface area contributed by atoms with Gasteiger partial charge >= 0.3 is 5.97 Å². The van der Waals surface area contributed by atoms with Crippen molar-refractivity contribution in [2.45, 2.75) is 13.3 Å². The van der Waals surface area contributed by atoms with Gasteiger partial charge in [0.2, 0.25) is 11.8 Å². The first-order valence-corrected chi connectivity index (χ1v) is 9.10. The van der Waals surface area contributed by atoms with Crippen LogP contribution in [0.2, 0.25) is 5.02 Å². The number of hydrazone groups is 1. The molecule has 0 aliphatic carbocycles. The molecule has 0 spiro atoms. The van der Waals surface area contributed by atoms with E-state index in [0.29, 0.717) is 28.6 Å². The molecule has 0 saturated carbocycles. The maximum atomic E-state index is 11.8. The number of halogens is 1. The van der Waals surface area contributed by atoms with E-state index in [2.05, 4.69) is 15.8 Å². The SMILES string of the molecule is CCOC(=O)COc1ccc(C=NNC(=O)CC(=O)Nc2ccc(Cl)cc2)cc1. The van der Waals surface area contributed by atoms with Gasteiger partial charge in [-0.25, -0.2) is 10.2 Å². The molecule has 0 fully saturated rings. The minimum Gasteiger partial charge on any atom is -0.482 e. The van der Waals surface area contributed by atoms with Crippen molar-refractivity contribution >= 4 is 41.3 Å². The lowest BCUT2D eigenvalue weighted by Gasteiger charge is -2.05. The van der Waals surface area contributed by atoms with Crippen LogP contribution in [-0.2, 0) is 19.1 Å². The summed E-state index contributed by atoms with van der Waals surface area (Å²) >= 11 is 5.77. The predicted molar refractivity (Wildman–Crippen MR) is 109 cm³/mol. The van der Waals surface area contributed by atoms with Crippen LogP contribution in [0, 0.1) is 0 Å². The van der Waals surface area contributed by atoms with Gasteiger partial charge in [0.05, 0.1) is 12.8 Å². The Morgan fingerprint density at radius 3 is 2.38 bits per heavy atom. The molecule has 2 aromatic rings. The standard InChI is InChI=1S/C20H20ClN3O5/c1-2-28-20(27)13-29-17-9-3-14(4-10-17)12-22-24-19(26)11-18(25)23-16-7-5-15(21)6-8-16/h3-10,12H,2,11,13H2,1H3,(H,23,25)(H,24,26). The van der Waals surface area contributed by atoms with Crippen LogP contribution >= 0.6 is 11.6 Å². The number of amides is 2. The van der Waals surface area contributed by atoms with Crippen LogP contribution in [0.25, 0.3) is 0 Å². The second-order valence-electron chi connectivity index (χ2n) is 5.69. The van der Waals surface area contributed by atoms with Gasteiger partial charge in [-0.1, -0.05) is 11.6 Å². The summed E-state index contributed by atoms with van der Waals surface area (Å²) in [5.41, 5.74) is 3.52. The van der Waals surface area contributed by atoms with Crippen molar-refractivity contribution in [3.63, 3.8) is 0 Å². The van der Waals surface area contributed by atoms with Crippen LogP contribution in [0.1, 0.15) is 18.9 Å². The van der Waals surface area contributed by atoms with Gasteiger partial charge in [-0.2, -0.15) is 5.10 Å². The molecule has 152 valence electrons. The van der Waals surface area contributed by atoms with E-state index in [4.69, 9.17) is 21.1 Å². The largest absolute Gasteiger partial charge is 0.482 e. The van der Waals surface area contributed by atoms with Gasteiger partial charge in [-0.3, -0.25) is 9.59 Å². The quantitative estimate of drug-likeness (QED) is 0.282. The summed E-state index contributed by atoms with van der Waals surface area (Å²) in [4.78, 5) is 34.8. The second-order valence-corrected chi connectivity index (χ2v) is 6.12. The van der Waals surface area contributed by atoms with Crippen molar-refractivity contribution in [3.05, 3.63) is 59.1 Å². The Morgan fingerprint density at radius 1 is 1.03 bits per heavy atom. The molecule has 9 heteroatoms. The lowest BCUT2D eigenvalue weighted by molar-refractivity contribution is -0.145. The monoisotopic (exact) mass is 417 g/mol. The molecule has 0 unspecified atom stereocenters. The Morgan fingerprint density at radius 2 is 1.72 bits per heavy atom. The summed E-state index contributed by atoms with van der Waals surface area (Å²) < 4.78 is 10.0. The van der Waals surface area contributed by atoms with Crippen molar-refractivity contribution < 1.29 is 23.9 Å². The molecular formula is C20H20ClN3O5. The molecule has 0 aromatic heterocycles. The number of nitrogens with one attached hydrogen (secondary N) is 2. The molecule has 0 aliphatic heterocycles. The summed E-state index contributed by atoms with van der Waals surface area (Å²) in [6, 6.07) is 13.2. The Hall–Kier alpha value is -3.39. The minimum absolute atomic E-state index is 0.171. The number of nitrogens with zero attached hydrogens (tertiary/aromatic N) is 1. The van der Waals surface area contributed by atoms with Crippen LogP contribution < -0.4 is 15.5 Å². The third-order valence-electron chi connectivity index (χ3n) is 3.39. The van der Waals surface area contributed by atoms with Crippen LogP contribution in [0.3, 0.4) is 0 Å². The number of hydrogen-bond donors (Lipinski definition) is 2. The first-order chi connectivity index (χ1) is 14.0. The van der Waals surface area contributed by atoms with E-state index in [0.717, 1.165) is 0 Å². The molecule has 2 rings (SSSR count). The fraction of sp³-hybridized carbons (Fsp3) is 0.200. The molecule has 0 heterocycles. The highest BCUT2D eigenvalue weighted by atomic mass is 35.5. The molecular weight excluding hydrogens is 398 g/mol. The van der Waals surface area contributed by atoms with E-state index in [1.54, 1.807) is 55.5 Å². The highest BCUT2D eigenvalue weighted by molar-refractivity contribution is 6.30. The van der Waals surface area contributed by atoms with E-state index in [1.807, 2.05) is 0 Å². The minimum atomic E-state index is -0.554. The summed E-state index contributed by atoms with van der Waals surface area (Å²) in [5.74, 6) is -0.968. The van der Waals surface area contributed by atoms with E-state index in [-0.39, 0.29) is 13.0 Å². The number of anilines is 1. The van der Waals surface area contributed by atoms with Crippen molar-refractivity contribution in [1.82, 2.24) is 5.43 Å². The van der Waals surface area contributed by atoms with E-state index in [9.17, 15) is 14.4 Å². The number of esters is 1. The van der Waals surface area contributed by atoms with Gasteiger partial charge in [0.15, 0.2) is 6.61 Å². The third kappa shape index (κ3) is 8.44. The molecule has 0 saturated heterocycles. The topological polar surface area (TPSA) is 106 Å². The van der Waals surface area contributed by atoms with Gasteiger partial charge in [0, 0.05) is 10.7 Å². The molecule has 2 N–H and O–H groups in total. The smallest absolute Gasteiger partial charge is 0.344 e. The lowest BCUT2D eigenvalue weighted by Crippen LogP contribution is -2.24. The summed E-state index contributed by atoms with van der Waals surface area (Å²) in [7, 11) is 0. The number of ether oxygens (including phenoxy) is 2. The normalized spacial score (nSPS) is 10.4. The number of carbonyl (C=O) groups excluding carboxylic acids is 3. The third-order valence-corrected chi connectivity index (χ3v) is 3.65. The molecule has 0 radical (unpaired) electrons. The number of hydrogen-bond acceptors (Lipinski definition) is 6. The predicted octanol–water partition coefficient (Wildman–Crippen LogP) is 2.76. The molecule has 0 bridgehead atoms. The molecule has 2 aromatic carbocycles. The maximum absolute atomic E-state index is 11.8. The number of benzene rings is 2. The van der Waals surface area contributed by atoms with E-state index >= 15 is 0 Å². The van der Waals surface area contributed by atoms with E-state index < -0.39 is 17.8 Å². The Balaban J connectivity index is 1.74. The van der Waals surface area contributed by atoms with Gasteiger partial charge < -0.3 is 14.8 Å². The van der Waals surface area contributed by atoms with Crippen molar-refractivity contribution in [2.75, 3.05) is 18.5 Å². The first kappa shape index (κ1) is 21.9. The highest BCUT2D eigenvalue weighted by Gasteiger charge is 2.09. The maximum Gasteiger partial charge on any atom is 0.344 e. The van der Waals surface area contributed by atoms with Crippen molar-refractivity contribution in [2.24, 2.45) is 5.10 Å². The van der Waals surface area contributed by atoms with Gasteiger partial charge in [-0.05, 0) is 61.0 Å². The fourth-order valence-electron chi connectivity index (χ4n) is 2.10. The zero-order valence-corrected chi connectivity index (χ0v) is 16.4. The molecule has 2 amide bonds. The summed E-state index contributed by atoms with van der Waals surface area (Å²) in [5, 5.41) is 6.94. The molecule has 0 atom stereocenters. The summed E-state index contributed by atoms with van der Waals surface area (Å²) in [6.07, 6.45) is 1.05. The van der Waals surface area contributed by atoms with Crippen molar-refractivity contribution in [1.29, 1.82) is 0 Å². The van der Waals surface area contributed by atoms with Crippen LogP contribution in [0.4, 0.5) is 5.69 Å². The first-order valence-electron chi connectivity index (χ1n) is 8.72. The van der Waals surface area contributed by atoms with Gasteiger partial charge in [0.1, 0.15) is 12.2 Å². The van der Waals surface area contributed by atoms with Gasteiger partial charge in [-0.15, -0.1) is 0 Å². The van der Waals surface area contributed by atoms with Crippen LogP contribution in [-0.4, -0.2) is 37.2 Å². The molecule has 8 nitrogen and oxygen atoms in total. The molecule has 0 aliphatic rings. The van der Waals surface area contributed by atoms with Crippen LogP contribution in [0.15, 0.2) is 53.6 Å². The summed E-state index contributed by atoms with van der Waals surface area (Å²) in [6.45, 7) is 1.85.